The van der Waals surface area contributed by atoms with Gasteiger partial charge >= 0.3 is 12.7 Å². The van der Waals surface area contributed by atoms with Gasteiger partial charge in [-0.1, -0.05) is 141 Å². The van der Waals surface area contributed by atoms with E-state index in [1.54, 1.807) is 24.3 Å². The molecule has 0 aliphatic rings. The van der Waals surface area contributed by atoms with Crippen molar-refractivity contribution in [1.82, 2.24) is 0 Å². The van der Waals surface area contributed by atoms with Crippen molar-refractivity contribution in [2.45, 2.75) is 84.4 Å². The summed E-state index contributed by atoms with van der Waals surface area (Å²) in [4.78, 5) is 0. The summed E-state index contributed by atoms with van der Waals surface area (Å²) in [5, 5.41) is 0. The predicted octanol–water partition coefficient (Wildman–Crippen LogP) is 15.3. The van der Waals surface area contributed by atoms with Crippen LogP contribution in [0.3, 0.4) is 0 Å². The average molecular weight is 781 g/mol. The standard InChI is InChI=1S/C49H46F6O2/c1-34-32-36(12-30-46(34)42-18-14-38(15-19-42)40-22-26-44(27-23-40)56-48(50,51)52)10-8-6-4-3-5-7-9-11-37-13-31-47(35(2)33-37)43-20-16-39(17-21-43)41-24-28-45(29-25-41)57-49(53,54)55/h12-33H,3-11H2,1-2H3. The number of aryl methyl sites for hydroxylation is 4. The van der Waals surface area contributed by atoms with E-state index in [2.05, 4.69) is 84.0 Å². The Hall–Kier alpha value is -5.50. The van der Waals surface area contributed by atoms with E-state index in [0.29, 0.717) is 0 Å². The van der Waals surface area contributed by atoms with Crippen molar-refractivity contribution in [2.75, 3.05) is 0 Å². The maximum atomic E-state index is 12.5. The predicted molar refractivity (Wildman–Crippen MR) is 217 cm³/mol. The largest absolute Gasteiger partial charge is 0.573 e. The molecular weight excluding hydrogens is 735 g/mol. The van der Waals surface area contributed by atoms with Crippen LogP contribution in [-0.4, -0.2) is 12.7 Å². The molecule has 57 heavy (non-hydrogen) atoms. The van der Waals surface area contributed by atoms with E-state index in [1.165, 1.54) is 103 Å². The smallest absolute Gasteiger partial charge is 0.406 e. The number of unbranched alkanes of at least 4 members (excludes halogenated alkanes) is 6. The van der Waals surface area contributed by atoms with Gasteiger partial charge in [-0.2, -0.15) is 0 Å². The van der Waals surface area contributed by atoms with Crippen LogP contribution in [0.15, 0.2) is 133 Å². The van der Waals surface area contributed by atoms with Crippen molar-refractivity contribution < 1.29 is 35.8 Å². The molecule has 6 aromatic carbocycles. The first kappa shape index (κ1) is 41.1. The van der Waals surface area contributed by atoms with Crippen molar-refractivity contribution in [1.29, 1.82) is 0 Å². The molecule has 0 heterocycles. The van der Waals surface area contributed by atoms with Crippen molar-refractivity contribution >= 4 is 0 Å². The number of ether oxygens (including phenoxy) is 2. The van der Waals surface area contributed by atoms with Crippen LogP contribution >= 0.6 is 0 Å². The minimum absolute atomic E-state index is 0.233. The summed E-state index contributed by atoms with van der Waals surface area (Å²) in [6.45, 7) is 4.27. The highest BCUT2D eigenvalue weighted by Gasteiger charge is 2.31. The zero-order chi connectivity index (χ0) is 40.4. The van der Waals surface area contributed by atoms with Gasteiger partial charge in [0.05, 0.1) is 0 Å². The topological polar surface area (TPSA) is 18.5 Å². The van der Waals surface area contributed by atoms with Crippen LogP contribution in [0.2, 0.25) is 0 Å². The molecule has 0 saturated carbocycles. The van der Waals surface area contributed by atoms with Crippen LogP contribution in [0.5, 0.6) is 11.5 Å². The van der Waals surface area contributed by atoms with E-state index in [0.717, 1.165) is 46.2 Å². The zero-order valence-electron chi connectivity index (χ0n) is 32.1. The van der Waals surface area contributed by atoms with Gasteiger partial charge < -0.3 is 9.47 Å². The van der Waals surface area contributed by atoms with Gasteiger partial charge in [0.2, 0.25) is 0 Å². The Morgan fingerprint density at radius 1 is 0.351 bits per heavy atom. The second-order valence-corrected chi connectivity index (χ2v) is 14.6. The number of benzene rings is 6. The molecule has 8 heteroatoms. The number of hydrogen-bond acceptors (Lipinski definition) is 2. The van der Waals surface area contributed by atoms with Crippen molar-refractivity contribution in [3.05, 3.63) is 156 Å². The average Bonchev–Trinajstić information content (AvgIpc) is 3.17. The lowest BCUT2D eigenvalue weighted by Crippen LogP contribution is -2.16. The summed E-state index contributed by atoms with van der Waals surface area (Å²) in [6, 6.07) is 41.3. The van der Waals surface area contributed by atoms with Crippen molar-refractivity contribution in [2.24, 2.45) is 0 Å². The van der Waals surface area contributed by atoms with E-state index in [1.807, 2.05) is 24.3 Å². The Morgan fingerprint density at radius 2 is 0.632 bits per heavy atom. The molecule has 6 aromatic rings. The molecule has 0 amide bonds. The molecule has 0 aliphatic heterocycles. The highest BCUT2D eigenvalue weighted by molar-refractivity contribution is 5.74. The third-order valence-electron chi connectivity index (χ3n) is 10.2. The first-order valence-corrected chi connectivity index (χ1v) is 19.4. The molecule has 0 aromatic heterocycles. The Balaban J connectivity index is 0.871. The Morgan fingerprint density at radius 3 is 0.930 bits per heavy atom. The summed E-state index contributed by atoms with van der Waals surface area (Å²) < 4.78 is 82.8. The van der Waals surface area contributed by atoms with Gasteiger partial charge in [0.25, 0.3) is 0 Å². The molecule has 0 unspecified atom stereocenters. The second kappa shape index (κ2) is 18.6. The van der Waals surface area contributed by atoms with Gasteiger partial charge in [-0.15, -0.1) is 26.3 Å². The molecular formula is C49H46F6O2. The van der Waals surface area contributed by atoms with Gasteiger partial charge in [0, 0.05) is 0 Å². The minimum Gasteiger partial charge on any atom is -0.406 e. The molecule has 0 radical (unpaired) electrons. The third-order valence-corrected chi connectivity index (χ3v) is 10.2. The molecule has 0 N–H and O–H groups in total. The summed E-state index contributed by atoms with van der Waals surface area (Å²) in [5.41, 5.74) is 13.2. The van der Waals surface area contributed by atoms with Crippen LogP contribution in [0.4, 0.5) is 26.3 Å². The Bertz CT molecular complexity index is 2030. The molecule has 6 rings (SSSR count). The van der Waals surface area contributed by atoms with E-state index in [-0.39, 0.29) is 11.5 Å². The summed E-state index contributed by atoms with van der Waals surface area (Å²) in [5.74, 6) is -0.466. The van der Waals surface area contributed by atoms with Gasteiger partial charge in [-0.3, -0.25) is 0 Å². The van der Waals surface area contributed by atoms with Gasteiger partial charge in [0.1, 0.15) is 11.5 Å². The maximum absolute atomic E-state index is 12.5. The van der Waals surface area contributed by atoms with Crippen molar-refractivity contribution in [3.63, 3.8) is 0 Å². The number of halogens is 6. The molecule has 0 fully saturated rings. The lowest BCUT2D eigenvalue weighted by molar-refractivity contribution is -0.275. The summed E-state index contributed by atoms with van der Waals surface area (Å²) in [6.07, 6.45) is 1.22. The van der Waals surface area contributed by atoms with Crippen LogP contribution < -0.4 is 9.47 Å². The first-order chi connectivity index (χ1) is 27.3. The Kier molecular flexibility index (Phi) is 13.4. The SMILES string of the molecule is Cc1cc(CCCCCCCCCc2ccc(-c3ccc(-c4ccc(OC(F)(F)F)cc4)cc3)c(C)c2)ccc1-c1ccc(-c2ccc(OC(F)(F)F)cc2)cc1. The van der Waals surface area contributed by atoms with E-state index in [9.17, 15) is 26.3 Å². The molecule has 0 atom stereocenters. The Labute approximate surface area is 331 Å². The quantitative estimate of drug-likeness (QED) is 0.0719. The van der Waals surface area contributed by atoms with Crippen LogP contribution in [0, 0.1) is 13.8 Å². The minimum atomic E-state index is -4.70. The molecule has 0 bridgehead atoms. The number of alkyl halides is 6. The lowest BCUT2D eigenvalue weighted by Gasteiger charge is -2.11. The third kappa shape index (κ3) is 12.2. The van der Waals surface area contributed by atoms with E-state index in [4.69, 9.17) is 0 Å². The molecule has 296 valence electrons. The molecule has 2 nitrogen and oxygen atoms in total. The van der Waals surface area contributed by atoms with E-state index < -0.39 is 12.7 Å². The van der Waals surface area contributed by atoms with Crippen molar-refractivity contribution in [3.8, 4) is 56.0 Å². The van der Waals surface area contributed by atoms with Crippen LogP contribution in [-0.2, 0) is 12.8 Å². The van der Waals surface area contributed by atoms with Gasteiger partial charge in [-0.05, 0) is 131 Å². The fraction of sp³-hybridized carbons (Fsp3) is 0.265. The highest BCUT2D eigenvalue weighted by Crippen LogP contribution is 2.32. The molecule has 0 saturated heterocycles. The summed E-state index contributed by atoms with van der Waals surface area (Å²) >= 11 is 0. The molecule has 0 aliphatic carbocycles. The first-order valence-electron chi connectivity index (χ1n) is 19.4. The zero-order valence-corrected chi connectivity index (χ0v) is 32.1. The fourth-order valence-corrected chi connectivity index (χ4v) is 7.34. The summed E-state index contributed by atoms with van der Waals surface area (Å²) in [7, 11) is 0. The lowest BCUT2D eigenvalue weighted by atomic mass is 9.94. The highest BCUT2D eigenvalue weighted by atomic mass is 19.4. The second-order valence-electron chi connectivity index (χ2n) is 14.6. The van der Waals surface area contributed by atoms with Crippen LogP contribution in [0.1, 0.15) is 67.2 Å². The van der Waals surface area contributed by atoms with E-state index >= 15 is 0 Å². The normalized spacial score (nSPS) is 11.8. The van der Waals surface area contributed by atoms with Crippen LogP contribution in [0.25, 0.3) is 44.5 Å². The number of hydrogen-bond donors (Lipinski definition) is 0. The molecule has 0 spiro atoms. The van der Waals surface area contributed by atoms with Gasteiger partial charge in [0.15, 0.2) is 0 Å². The maximum Gasteiger partial charge on any atom is 0.573 e. The number of rotatable bonds is 16. The monoisotopic (exact) mass is 780 g/mol. The fourth-order valence-electron chi connectivity index (χ4n) is 7.34. The van der Waals surface area contributed by atoms with Gasteiger partial charge in [-0.25, -0.2) is 0 Å².